The van der Waals surface area contributed by atoms with Gasteiger partial charge in [-0.2, -0.15) is 0 Å². The standard InChI is InChI=1S/C26H22F2N2O3/c1-3-29(16-17-9-5-4-6-10-17)24-23(19-11-7-8-12-22(19)33-2)25(31)30(26(24)32)18-13-14-20(27)21(28)15-18/h4-15H,3,16H2,1-2H3. The van der Waals surface area contributed by atoms with Crippen LogP contribution in [0.15, 0.2) is 78.5 Å². The first-order chi connectivity index (χ1) is 16.0. The molecule has 5 nitrogen and oxygen atoms in total. The summed E-state index contributed by atoms with van der Waals surface area (Å²) < 4.78 is 32.9. The summed E-state index contributed by atoms with van der Waals surface area (Å²) in [6.45, 7) is 2.71. The normalized spacial score (nSPS) is 13.6. The molecule has 1 aliphatic heterocycles. The molecule has 1 heterocycles. The lowest BCUT2D eigenvalue weighted by Gasteiger charge is -2.25. The zero-order valence-corrected chi connectivity index (χ0v) is 18.2. The molecular formula is C26H22F2N2O3. The second kappa shape index (κ2) is 9.24. The van der Waals surface area contributed by atoms with Crippen LogP contribution in [0.25, 0.3) is 5.57 Å². The summed E-state index contributed by atoms with van der Waals surface area (Å²) in [6.07, 6.45) is 0. The average Bonchev–Trinajstić information content (AvgIpc) is 3.09. The second-order valence-electron chi connectivity index (χ2n) is 7.47. The summed E-state index contributed by atoms with van der Waals surface area (Å²) in [6, 6.07) is 19.4. The van der Waals surface area contributed by atoms with Gasteiger partial charge in [0.2, 0.25) is 0 Å². The van der Waals surface area contributed by atoms with E-state index in [2.05, 4.69) is 0 Å². The maximum absolute atomic E-state index is 14.0. The van der Waals surface area contributed by atoms with Crippen LogP contribution in [0.1, 0.15) is 18.1 Å². The Balaban J connectivity index is 1.88. The molecule has 2 amide bonds. The molecule has 7 heteroatoms. The van der Waals surface area contributed by atoms with Crippen LogP contribution in [0.4, 0.5) is 14.5 Å². The molecule has 0 saturated heterocycles. The number of para-hydroxylation sites is 1. The molecule has 33 heavy (non-hydrogen) atoms. The Morgan fingerprint density at radius 1 is 0.879 bits per heavy atom. The number of ether oxygens (including phenoxy) is 1. The SMILES string of the molecule is CCN(Cc1ccccc1)C1=C(c2ccccc2OC)C(=O)N(c2ccc(F)c(F)c2)C1=O. The highest BCUT2D eigenvalue weighted by molar-refractivity contribution is 6.45. The lowest BCUT2D eigenvalue weighted by atomic mass is 10.0. The maximum atomic E-state index is 14.0. The molecule has 0 radical (unpaired) electrons. The van der Waals surface area contributed by atoms with Crippen molar-refractivity contribution >= 4 is 23.1 Å². The molecule has 0 aliphatic carbocycles. The monoisotopic (exact) mass is 448 g/mol. The molecule has 0 bridgehead atoms. The number of imide groups is 1. The van der Waals surface area contributed by atoms with Gasteiger partial charge in [-0.15, -0.1) is 0 Å². The molecule has 0 spiro atoms. The molecule has 0 fully saturated rings. The fraction of sp³-hybridized carbons (Fsp3) is 0.154. The Morgan fingerprint density at radius 2 is 1.58 bits per heavy atom. The van der Waals surface area contributed by atoms with Crippen LogP contribution in [0.5, 0.6) is 5.75 Å². The quantitative estimate of drug-likeness (QED) is 0.488. The minimum absolute atomic E-state index is 0.0398. The summed E-state index contributed by atoms with van der Waals surface area (Å²) in [5, 5.41) is 0. The number of hydrogen-bond acceptors (Lipinski definition) is 4. The topological polar surface area (TPSA) is 49.9 Å². The van der Waals surface area contributed by atoms with Crippen LogP contribution in [-0.2, 0) is 16.1 Å². The Bertz CT molecular complexity index is 1240. The van der Waals surface area contributed by atoms with Gasteiger partial charge in [0, 0.05) is 24.7 Å². The highest BCUT2D eigenvalue weighted by Gasteiger charge is 2.43. The molecule has 0 aromatic heterocycles. The minimum Gasteiger partial charge on any atom is -0.496 e. The molecule has 0 atom stereocenters. The van der Waals surface area contributed by atoms with Crippen molar-refractivity contribution in [2.45, 2.75) is 13.5 Å². The minimum atomic E-state index is -1.14. The van der Waals surface area contributed by atoms with Crippen LogP contribution in [0.2, 0.25) is 0 Å². The largest absolute Gasteiger partial charge is 0.496 e. The summed E-state index contributed by atoms with van der Waals surface area (Å²) in [5.41, 5.74) is 1.70. The first kappa shape index (κ1) is 22.2. The molecule has 3 aromatic carbocycles. The predicted molar refractivity (Wildman–Crippen MR) is 121 cm³/mol. The van der Waals surface area contributed by atoms with E-state index in [-0.39, 0.29) is 17.0 Å². The number of halogens is 2. The zero-order valence-electron chi connectivity index (χ0n) is 18.2. The van der Waals surface area contributed by atoms with Crippen molar-refractivity contribution in [1.29, 1.82) is 0 Å². The highest BCUT2D eigenvalue weighted by atomic mass is 19.2. The molecule has 168 valence electrons. The van der Waals surface area contributed by atoms with E-state index in [1.807, 2.05) is 37.3 Å². The van der Waals surface area contributed by atoms with E-state index in [0.29, 0.717) is 24.4 Å². The van der Waals surface area contributed by atoms with E-state index in [1.165, 1.54) is 13.2 Å². The molecule has 4 rings (SSSR count). The molecular weight excluding hydrogens is 426 g/mol. The van der Waals surface area contributed by atoms with Crippen molar-refractivity contribution < 1.29 is 23.1 Å². The fourth-order valence-corrected chi connectivity index (χ4v) is 3.92. The highest BCUT2D eigenvalue weighted by Crippen LogP contribution is 2.38. The van der Waals surface area contributed by atoms with Crippen molar-refractivity contribution in [1.82, 2.24) is 4.90 Å². The summed E-state index contributed by atoms with van der Waals surface area (Å²) in [4.78, 5) is 29.9. The number of benzene rings is 3. The number of anilines is 1. The van der Waals surface area contributed by atoms with E-state index in [4.69, 9.17) is 4.74 Å². The molecule has 0 N–H and O–H groups in total. The van der Waals surface area contributed by atoms with Crippen LogP contribution in [0.3, 0.4) is 0 Å². The Kier molecular flexibility index (Phi) is 6.22. The number of rotatable bonds is 7. The van der Waals surface area contributed by atoms with Gasteiger partial charge in [0.1, 0.15) is 11.4 Å². The smallest absolute Gasteiger partial charge is 0.282 e. The summed E-state index contributed by atoms with van der Waals surface area (Å²) >= 11 is 0. The first-order valence-corrected chi connectivity index (χ1v) is 10.5. The number of methoxy groups -OCH3 is 1. The number of amides is 2. The van der Waals surface area contributed by atoms with Gasteiger partial charge in [0.05, 0.1) is 18.4 Å². The van der Waals surface area contributed by atoms with E-state index < -0.39 is 23.4 Å². The average molecular weight is 448 g/mol. The van der Waals surface area contributed by atoms with Crippen LogP contribution < -0.4 is 9.64 Å². The fourth-order valence-electron chi connectivity index (χ4n) is 3.92. The first-order valence-electron chi connectivity index (χ1n) is 10.5. The number of hydrogen-bond donors (Lipinski definition) is 0. The van der Waals surface area contributed by atoms with Crippen molar-refractivity contribution in [2.24, 2.45) is 0 Å². The molecule has 0 saturated carbocycles. The third kappa shape index (κ3) is 4.09. The van der Waals surface area contributed by atoms with Crippen molar-refractivity contribution in [2.75, 3.05) is 18.6 Å². The molecule has 3 aromatic rings. The summed E-state index contributed by atoms with van der Waals surface area (Å²) in [7, 11) is 1.48. The van der Waals surface area contributed by atoms with Gasteiger partial charge in [0.15, 0.2) is 11.6 Å². The Hall–Kier alpha value is -4.00. The van der Waals surface area contributed by atoms with Gasteiger partial charge in [-0.25, -0.2) is 13.7 Å². The number of carbonyl (C=O) groups is 2. The van der Waals surface area contributed by atoms with Gasteiger partial charge in [-0.1, -0.05) is 48.5 Å². The second-order valence-corrected chi connectivity index (χ2v) is 7.47. The van der Waals surface area contributed by atoms with Crippen molar-refractivity contribution in [3.8, 4) is 5.75 Å². The van der Waals surface area contributed by atoms with Crippen molar-refractivity contribution in [3.05, 3.63) is 101 Å². The maximum Gasteiger partial charge on any atom is 0.282 e. The van der Waals surface area contributed by atoms with Crippen LogP contribution in [-0.4, -0.2) is 30.4 Å². The predicted octanol–water partition coefficient (Wildman–Crippen LogP) is 4.78. The van der Waals surface area contributed by atoms with Crippen LogP contribution >= 0.6 is 0 Å². The van der Waals surface area contributed by atoms with Crippen LogP contribution in [0, 0.1) is 11.6 Å². The third-order valence-corrected chi connectivity index (χ3v) is 5.51. The van der Waals surface area contributed by atoms with Gasteiger partial charge >= 0.3 is 0 Å². The Morgan fingerprint density at radius 3 is 2.24 bits per heavy atom. The van der Waals surface area contributed by atoms with E-state index in [0.717, 1.165) is 22.6 Å². The number of likely N-dealkylation sites (N-methyl/N-ethyl adjacent to an activating group) is 1. The summed E-state index contributed by atoms with van der Waals surface area (Å²) in [5.74, 6) is -3.01. The van der Waals surface area contributed by atoms with Crippen molar-refractivity contribution in [3.63, 3.8) is 0 Å². The lowest BCUT2D eigenvalue weighted by molar-refractivity contribution is -0.120. The zero-order chi connectivity index (χ0) is 23.5. The van der Waals surface area contributed by atoms with Gasteiger partial charge in [0.25, 0.3) is 11.8 Å². The van der Waals surface area contributed by atoms with Gasteiger partial charge in [-0.3, -0.25) is 9.59 Å². The number of carbonyl (C=O) groups excluding carboxylic acids is 2. The molecule has 1 aliphatic rings. The number of nitrogens with zero attached hydrogens (tertiary/aromatic N) is 2. The third-order valence-electron chi connectivity index (χ3n) is 5.51. The van der Waals surface area contributed by atoms with E-state index >= 15 is 0 Å². The van der Waals surface area contributed by atoms with Gasteiger partial charge < -0.3 is 9.64 Å². The van der Waals surface area contributed by atoms with Gasteiger partial charge in [-0.05, 0) is 30.7 Å². The van der Waals surface area contributed by atoms with E-state index in [1.54, 1.807) is 29.2 Å². The van der Waals surface area contributed by atoms with E-state index in [9.17, 15) is 18.4 Å². The lowest BCUT2D eigenvalue weighted by Crippen LogP contribution is -2.35. The Labute approximate surface area is 190 Å². The molecule has 0 unspecified atom stereocenters.